The molecule has 0 aromatic heterocycles. The van der Waals surface area contributed by atoms with Crippen LogP contribution in [0.2, 0.25) is 0 Å². The number of benzene rings is 2. The van der Waals surface area contributed by atoms with Crippen molar-refractivity contribution in [2.24, 2.45) is 0 Å². The summed E-state index contributed by atoms with van der Waals surface area (Å²) in [5.74, 6) is -0.356. The Morgan fingerprint density at radius 3 is 2.16 bits per heavy atom. The van der Waals surface area contributed by atoms with Gasteiger partial charge in [-0.1, -0.05) is 37.3 Å². The molecular formula is C23H27F3N2O3S. The Balaban J connectivity index is 1.75. The van der Waals surface area contributed by atoms with Gasteiger partial charge in [-0.05, 0) is 49.1 Å². The average molecular weight is 469 g/mol. The number of halogens is 3. The minimum absolute atomic E-state index is 0.107. The van der Waals surface area contributed by atoms with Crippen molar-refractivity contribution in [1.29, 1.82) is 0 Å². The highest BCUT2D eigenvalue weighted by molar-refractivity contribution is 7.89. The number of nitrogens with zero attached hydrogens (tertiary/aromatic N) is 1. The Bertz CT molecular complexity index is 1010. The van der Waals surface area contributed by atoms with Crippen molar-refractivity contribution in [2.75, 3.05) is 25.4 Å². The Labute approximate surface area is 186 Å². The molecule has 2 aromatic carbocycles. The van der Waals surface area contributed by atoms with Crippen molar-refractivity contribution in [1.82, 2.24) is 9.62 Å². The second kappa shape index (κ2) is 9.62. The van der Waals surface area contributed by atoms with Gasteiger partial charge in [-0.2, -0.15) is 13.2 Å². The minimum Gasteiger partial charge on any atom is -0.351 e. The van der Waals surface area contributed by atoms with Crippen LogP contribution < -0.4 is 5.32 Å². The van der Waals surface area contributed by atoms with Crippen LogP contribution in [0.3, 0.4) is 0 Å². The molecule has 1 aliphatic rings. The lowest BCUT2D eigenvalue weighted by Crippen LogP contribution is -2.50. The number of carbonyl (C=O) groups is 1. The summed E-state index contributed by atoms with van der Waals surface area (Å²) in [4.78, 5) is 12.6. The lowest BCUT2D eigenvalue weighted by atomic mass is 9.73. The molecule has 0 bridgehead atoms. The maximum atomic E-state index is 12.8. The van der Waals surface area contributed by atoms with E-state index in [1.165, 1.54) is 4.31 Å². The van der Waals surface area contributed by atoms with Crippen molar-refractivity contribution in [3.63, 3.8) is 0 Å². The monoisotopic (exact) mass is 468 g/mol. The Kier molecular flexibility index (Phi) is 7.29. The Morgan fingerprint density at radius 2 is 1.62 bits per heavy atom. The molecule has 9 heteroatoms. The lowest BCUT2D eigenvalue weighted by Gasteiger charge is -2.42. The third-order valence-electron chi connectivity index (χ3n) is 5.98. The highest BCUT2D eigenvalue weighted by Gasteiger charge is 2.39. The van der Waals surface area contributed by atoms with Gasteiger partial charge in [0.05, 0.1) is 11.3 Å². The van der Waals surface area contributed by atoms with Crippen LogP contribution >= 0.6 is 0 Å². The molecule has 0 unspecified atom stereocenters. The molecule has 1 heterocycles. The van der Waals surface area contributed by atoms with Crippen molar-refractivity contribution in [3.8, 4) is 0 Å². The largest absolute Gasteiger partial charge is 0.416 e. The van der Waals surface area contributed by atoms with Gasteiger partial charge in [0, 0.05) is 30.6 Å². The van der Waals surface area contributed by atoms with Gasteiger partial charge in [0.15, 0.2) is 0 Å². The van der Waals surface area contributed by atoms with Gasteiger partial charge in [0.25, 0.3) is 5.91 Å². The minimum atomic E-state index is -4.46. The molecule has 0 atom stereocenters. The predicted octanol–water partition coefficient (Wildman–Crippen LogP) is 4.21. The normalized spacial score (nSPS) is 17.1. The first-order chi connectivity index (χ1) is 15.1. The maximum Gasteiger partial charge on any atom is 0.416 e. The van der Waals surface area contributed by atoms with E-state index in [4.69, 9.17) is 0 Å². The van der Waals surface area contributed by atoms with E-state index in [1.807, 2.05) is 37.3 Å². The van der Waals surface area contributed by atoms with Gasteiger partial charge in [0.2, 0.25) is 10.0 Å². The SMILES string of the molecule is CCCS(=O)(=O)N1CCC(CNC(=O)c2ccc(C(F)(F)F)cc2)(c2ccccc2)CC1. The molecule has 1 aliphatic heterocycles. The second-order valence-electron chi connectivity index (χ2n) is 8.12. The molecule has 5 nitrogen and oxygen atoms in total. The van der Waals surface area contributed by atoms with Crippen LogP contribution in [-0.2, 0) is 21.6 Å². The number of amides is 1. The third kappa shape index (κ3) is 5.50. The van der Waals surface area contributed by atoms with Gasteiger partial charge in [-0.3, -0.25) is 4.79 Å². The summed E-state index contributed by atoms with van der Waals surface area (Å²) >= 11 is 0. The van der Waals surface area contributed by atoms with E-state index in [2.05, 4.69) is 5.32 Å². The number of nitrogens with one attached hydrogen (secondary N) is 1. The molecule has 1 saturated heterocycles. The summed E-state index contributed by atoms with van der Waals surface area (Å²) in [5, 5.41) is 2.86. The zero-order chi connectivity index (χ0) is 23.4. The topological polar surface area (TPSA) is 66.5 Å². The number of carbonyl (C=O) groups excluding carboxylic acids is 1. The third-order valence-corrected chi connectivity index (χ3v) is 8.06. The summed E-state index contributed by atoms with van der Waals surface area (Å²) in [5.41, 5.74) is -0.124. The fourth-order valence-corrected chi connectivity index (χ4v) is 5.61. The smallest absolute Gasteiger partial charge is 0.351 e. The molecule has 0 aliphatic carbocycles. The summed E-state index contributed by atoms with van der Waals surface area (Å²) < 4.78 is 64.7. The van der Waals surface area contributed by atoms with Crippen LogP contribution in [0.1, 0.15) is 47.7 Å². The first kappa shape index (κ1) is 24.3. The zero-order valence-electron chi connectivity index (χ0n) is 17.9. The first-order valence-electron chi connectivity index (χ1n) is 10.6. The predicted molar refractivity (Wildman–Crippen MR) is 117 cm³/mol. The van der Waals surface area contributed by atoms with Crippen molar-refractivity contribution in [2.45, 2.75) is 37.8 Å². The van der Waals surface area contributed by atoms with Gasteiger partial charge in [-0.25, -0.2) is 12.7 Å². The second-order valence-corrected chi connectivity index (χ2v) is 10.2. The summed E-state index contributed by atoms with van der Waals surface area (Å²) in [6, 6.07) is 13.7. The fourth-order valence-electron chi connectivity index (χ4n) is 4.10. The number of hydrogen-bond donors (Lipinski definition) is 1. The van der Waals surface area contributed by atoms with Crippen LogP contribution in [0.4, 0.5) is 13.2 Å². The number of rotatable bonds is 7. The number of alkyl halides is 3. The van der Waals surface area contributed by atoms with Gasteiger partial charge in [-0.15, -0.1) is 0 Å². The molecule has 0 spiro atoms. The fraction of sp³-hybridized carbons (Fsp3) is 0.435. The van der Waals surface area contributed by atoms with E-state index in [0.717, 1.165) is 29.8 Å². The molecule has 0 saturated carbocycles. The number of piperidine rings is 1. The molecule has 0 radical (unpaired) electrons. The van der Waals surface area contributed by atoms with E-state index in [1.54, 1.807) is 0 Å². The van der Waals surface area contributed by atoms with Crippen LogP contribution in [0, 0.1) is 0 Å². The van der Waals surface area contributed by atoms with Crippen molar-refractivity contribution < 1.29 is 26.4 Å². The Morgan fingerprint density at radius 1 is 1.03 bits per heavy atom. The number of hydrogen-bond acceptors (Lipinski definition) is 3. The van der Waals surface area contributed by atoms with Gasteiger partial charge < -0.3 is 5.32 Å². The van der Waals surface area contributed by atoms with Crippen LogP contribution in [0.25, 0.3) is 0 Å². The molecule has 32 heavy (non-hydrogen) atoms. The molecule has 1 amide bonds. The standard InChI is InChI=1S/C23H27F3N2O3S/c1-2-16-32(30,31)28-14-12-22(13-15-28,19-6-4-3-5-7-19)17-27-21(29)18-8-10-20(11-9-18)23(24,25)26/h3-11H,2,12-17H2,1H3,(H,27,29). The molecular weight excluding hydrogens is 441 g/mol. The summed E-state index contributed by atoms with van der Waals surface area (Å²) in [6.45, 7) is 2.80. The molecule has 174 valence electrons. The van der Waals surface area contributed by atoms with Gasteiger partial charge in [0.1, 0.15) is 0 Å². The number of sulfonamides is 1. The first-order valence-corrected chi connectivity index (χ1v) is 12.2. The van der Waals surface area contributed by atoms with Crippen LogP contribution in [0.5, 0.6) is 0 Å². The molecule has 1 fully saturated rings. The average Bonchev–Trinajstić information content (AvgIpc) is 2.78. The van der Waals surface area contributed by atoms with Crippen LogP contribution in [0.15, 0.2) is 54.6 Å². The van der Waals surface area contributed by atoms with Crippen LogP contribution in [-0.4, -0.2) is 44.0 Å². The molecule has 3 rings (SSSR count). The van der Waals surface area contributed by atoms with Crippen molar-refractivity contribution >= 4 is 15.9 Å². The summed E-state index contributed by atoms with van der Waals surface area (Å²) in [7, 11) is -3.30. The lowest BCUT2D eigenvalue weighted by molar-refractivity contribution is -0.137. The zero-order valence-corrected chi connectivity index (χ0v) is 18.7. The van der Waals surface area contributed by atoms with Crippen molar-refractivity contribution in [3.05, 3.63) is 71.3 Å². The highest BCUT2D eigenvalue weighted by Crippen LogP contribution is 2.36. The van der Waals surface area contributed by atoms with E-state index in [0.29, 0.717) is 32.4 Å². The van der Waals surface area contributed by atoms with E-state index in [9.17, 15) is 26.4 Å². The molecule has 1 N–H and O–H groups in total. The molecule has 2 aromatic rings. The van der Waals surface area contributed by atoms with E-state index in [-0.39, 0.29) is 17.9 Å². The van der Waals surface area contributed by atoms with Gasteiger partial charge >= 0.3 is 6.18 Å². The van der Waals surface area contributed by atoms with E-state index < -0.39 is 33.1 Å². The maximum absolute atomic E-state index is 12.8. The van der Waals surface area contributed by atoms with E-state index >= 15 is 0 Å². The Hall–Kier alpha value is -2.39. The quantitative estimate of drug-likeness (QED) is 0.662. The summed E-state index contributed by atoms with van der Waals surface area (Å²) in [6.07, 6.45) is -2.84. The highest BCUT2D eigenvalue weighted by atomic mass is 32.2.